The molecule has 0 bridgehead atoms. The van der Waals surface area contributed by atoms with Gasteiger partial charge in [0.2, 0.25) is 0 Å². The minimum absolute atomic E-state index is 0.720. The molecule has 2 heterocycles. The summed E-state index contributed by atoms with van der Waals surface area (Å²) >= 11 is 0. The Hall–Kier alpha value is -0.160. The summed E-state index contributed by atoms with van der Waals surface area (Å²) in [6, 6.07) is 0.720. The monoisotopic (exact) mass is 240 g/mol. The fraction of sp³-hybridized carbons (Fsp3) is 1.00. The molecule has 1 N–H and O–H groups in total. The van der Waals surface area contributed by atoms with Crippen molar-refractivity contribution in [3.63, 3.8) is 0 Å². The molecular formula is C13H28N4. The van der Waals surface area contributed by atoms with Gasteiger partial charge >= 0.3 is 0 Å². The zero-order chi connectivity index (χ0) is 12.3. The number of nitrogens with one attached hydrogen (secondary N) is 1. The van der Waals surface area contributed by atoms with Gasteiger partial charge in [-0.25, -0.2) is 0 Å². The first-order chi connectivity index (χ1) is 8.16. The summed E-state index contributed by atoms with van der Waals surface area (Å²) in [5.74, 6) is 0.852. The van der Waals surface area contributed by atoms with Crippen LogP contribution in [0.4, 0.5) is 0 Å². The molecule has 0 amide bonds. The molecule has 2 atom stereocenters. The van der Waals surface area contributed by atoms with Gasteiger partial charge in [-0.15, -0.1) is 0 Å². The molecule has 2 unspecified atom stereocenters. The van der Waals surface area contributed by atoms with Gasteiger partial charge in [-0.05, 0) is 40.0 Å². The molecule has 2 fully saturated rings. The van der Waals surface area contributed by atoms with Crippen molar-refractivity contribution < 1.29 is 0 Å². The largest absolute Gasteiger partial charge is 0.314 e. The Morgan fingerprint density at radius 2 is 1.94 bits per heavy atom. The Labute approximate surface area is 106 Å². The molecule has 4 heteroatoms. The summed E-state index contributed by atoms with van der Waals surface area (Å²) in [6.45, 7) is 8.54. The number of hydrogen-bond donors (Lipinski definition) is 1. The topological polar surface area (TPSA) is 21.8 Å². The summed E-state index contributed by atoms with van der Waals surface area (Å²) < 4.78 is 0. The van der Waals surface area contributed by atoms with Gasteiger partial charge in [0.25, 0.3) is 0 Å². The lowest BCUT2D eigenvalue weighted by molar-refractivity contribution is 0.129. The quantitative estimate of drug-likeness (QED) is 0.733. The van der Waals surface area contributed by atoms with E-state index < -0.39 is 0 Å². The molecule has 0 aliphatic carbocycles. The second-order valence-corrected chi connectivity index (χ2v) is 5.89. The maximum Gasteiger partial charge on any atom is 0.0257 e. The first-order valence-corrected chi connectivity index (χ1v) is 6.95. The number of likely N-dealkylation sites (tertiary alicyclic amines) is 1. The van der Waals surface area contributed by atoms with Crippen molar-refractivity contribution in [1.82, 2.24) is 20.0 Å². The second-order valence-electron chi connectivity index (χ2n) is 5.89. The molecule has 0 aromatic heterocycles. The van der Waals surface area contributed by atoms with Gasteiger partial charge in [0.05, 0.1) is 0 Å². The molecule has 17 heavy (non-hydrogen) atoms. The van der Waals surface area contributed by atoms with E-state index in [4.69, 9.17) is 0 Å². The third kappa shape index (κ3) is 3.65. The highest BCUT2D eigenvalue weighted by molar-refractivity contribution is 4.86. The van der Waals surface area contributed by atoms with E-state index in [1.54, 1.807) is 0 Å². The van der Waals surface area contributed by atoms with Crippen molar-refractivity contribution in [3.8, 4) is 0 Å². The number of piperazine rings is 1. The number of rotatable bonds is 4. The third-order valence-electron chi connectivity index (χ3n) is 4.29. The lowest BCUT2D eigenvalue weighted by Crippen LogP contribution is -2.51. The van der Waals surface area contributed by atoms with Crippen LogP contribution in [0.5, 0.6) is 0 Å². The zero-order valence-corrected chi connectivity index (χ0v) is 11.7. The van der Waals surface area contributed by atoms with Crippen LogP contribution in [0.2, 0.25) is 0 Å². The average Bonchev–Trinajstić information content (AvgIpc) is 2.73. The van der Waals surface area contributed by atoms with Gasteiger partial charge in [0.1, 0.15) is 0 Å². The molecule has 2 saturated heterocycles. The van der Waals surface area contributed by atoms with E-state index in [1.165, 1.54) is 39.1 Å². The number of nitrogens with zero attached hydrogens (tertiary/aromatic N) is 3. The van der Waals surface area contributed by atoms with Gasteiger partial charge in [-0.2, -0.15) is 0 Å². The molecule has 4 nitrogen and oxygen atoms in total. The second kappa shape index (κ2) is 6.14. The van der Waals surface area contributed by atoms with E-state index in [0.717, 1.165) is 25.0 Å². The van der Waals surface area contributed by atoms with E-state index >= 15 is 0 Å². The fourth-order valence-corrected chi connectivity index (χ4v) is 3.18. The summed E-state index contributed by atoms with van der Waals surface area (Å²) in [4.78, 5) is 7.53. The highest BCUT2D eigenvalue weighted by atomic mass is 15.2. The lowest BCUT2D eigenvalue weighted by atomic mass is 9.97. The van der Waals surface area contributed by atoms with Gasteiger partial charge in [0, 0.05) is 45.3 Å². The smallest absolute Gasteiger partial charge is 0.0257 e. The Kier molecular flexibility index (Phi) is 4.79. The molecule has 2 aliphatic rings. The maximum absolute atomic E-state index is 3.43. The molecule has 0 spiro atoms. The minimum Gasteiger partial charge on any atom is -0.314 e. The molecule has 0 saturated carbocycles. The standard InChI is InChI=1S/C13H28N4/c1-15(2)13(12-4-7-16(3)10-12)11-17-8-5-14-6-9-17/h12-14H,4-11H2,1-3H3. The van der Waals surface area contributed by atoms with Crippen LogP contribution in [0.1, 0.15) is 6.42 Å². The summed E-state index contributed by atoms with van der Waals surface area (Å²) in [5, 5.41) is 3.43. The normalized spacial score (nSPS) is 30.0. The summed E-state index contributed by atoms with van der Waals surface area (Å²) in [5.41, 5.74) is 0. The van der Waals surface area contributed by atoms with Gasteiger partial charge < -0.3 is 15.1 Å². The van der Waals surface area contributed by atoms with Crippen molar-refractivity contribution in [3.05, 3.63) is 0 Å². The van der Waals surface area contributed by atoms with Crippen LogP contribution in [0.25, 0.3) is 0 Å². The highest BCUT2D eigenvalue weighted by Gasteiger charge is 2.30. The molecule has 0 aromatic carbocycles. The fourth-order valence-electron chi connectivity index (χ4n) is 3.18. The third-order valence-corrected chi connectivity index (χ3v) is 4.29. The van der Waals surface area contributed by atoms with Crippen LogP contribution in [-0.2, 0) is 0 Å². The number of likely N-dealkylation sites (N-methyl/N-ethyl adjacent to an activating group) is 1. The van der Waals surface area contributed by atoms with Crippen molar-refractivity contribution in [2.45, 2.75) is 12.5 Å². The summed E-state index contributed by atoms with van der Waals surface area (Å²) in [6.07, 6.45) is 1.37. The molecule has 2 aliphatic heterocycles. The van der Waals surface area contributed by atoms with Gasteiger partial charge in [-0.1, -0.05) is 0 Å². The van der Waals surface area contributed by atoms with Crippen LogP contribution in [0.3, 0.4) is 0 Å². The Morgan fingerprint density at radius 1 is 1.24 bits per heavy atom. The summed E-state index contributed by atoms with van der Waals surface area (Å²) in [7, 11) is 6.73. The first kappa shape index (κ1) is 13.3. The maximum atomic E-state index is 3.43. The van der Waals surface area contributed by atoms with Crippen molar-refractivity contribution >= 4 is 0 Å². The Balaban J connectivity index is 1.87. The van der Waals surface area contributed by atoms with Gasteiger partial charge in [-0.3, -0.25) is 4.90 Å². The first-order valence-electron chi connectivity index (χ1n) is 6.95. The van der Waals surface area contributed by atoms with Crippen LogP contribution < -0.4 is 5.32 Å². The lowest BCUT2D eigenvalue weighted by Gasteiger charge is -2.36. The SMILES string of the molecule is CN1CCC(C(CN2CCNCC2)N(C)C)C1. The molecule has 2 rings (SSSR count). The predicted molar refractivity (Wildman–Crippen MR) is 72.4 cm³/mol. The Bertz CT molecular complexity index is 225. The highest BCUT2D eigenvalue weighted by Crippen LogP contribution is 2.22. The van der Waals surface area contributed by atoms with E-state index in [9.17, 15) is 0 Å². The molecule has 100 valence electrons. The molecule has 0 aromatic rings. The van der Waals surface area contributed by atoms with Crippen LogP contribution in [0, 0.1) is 5.92 Å². The molecular weight excluding hydrogens is 212 g/mol. The number of hydrogen-bond acceptors (Lipinski definition) is 4. The van der Waals surface area contributed by atoms with Crippen LogP contribution in [0.15, 0.2) is 0 Å². The minimum atomic E-state index is 0.720. The van der Waals surface area contributed by atoms with E-state index in [1.807, 2.05) is 0 Å². The van der Waals surface area contributed by atoms with Gasteiger partial charge in [0.15, 0.2) is 0 Å². The van der Waals surface area contributed by atoms with E-state index in [0.29, 0.717) is 0 Å². The van der Waals surface area contributed by atoms with Crippen molar-refractivity contribution in [2.75, 3.05) is 67.0 Å². The Morgan fingerprint density at radius 3 is 2.47 bits per heavy atom. The zero-order valence-electron chi connectivity index (χ0n) is 11.7. The molecule has 0 radical (unpaired) electrons. The van der Waals surface area contributed by atoms with Crippen LogP contribution >= 0.6 is 0 Å². The van der Waals surface area contributed by atoms with Crippen molar-refractivity contribution in [2.24, 2.45) is 5.92 Å². The van der Waals surface area contributed by atoms with Crippen LogP contribution in [-0.4, -0.2) is 87.7 Å². The van der Waals surface area contributed by atoms with Crippen molar-refractivity contribution in [1.29, 1.82) is 0 Å². The van der Waals surface area contributed by atoms with E-state index in [2.05, 4.69) is 41.2 Å². The predicted octanol–water partition coefficient (Wildman–Crippen LogP) is -0.226. The average molecular weight is 240 g/mol. The van der Waals surface area contributed by atoms with E-state index in [-0.39, 0.29) is 0 Å².